The number of nitrogens with zero attached hydrogens (tertiary/aromatic N) is 4. The van der Waals surface area contributed by atoms with E-state index in [1.54, 1.807) is 10.3 Å². The molecule has 2 fully saturated rings. The molecule has 6 rings (SSSR count). The van der Waals surface area contributed by atoms with Crippen molar-refractivity contribution in [2.24, 2.45) is 11.8 Å². The summed E-state index contributed by atoms with van der Waals surface area (Å²) in [4.78, 5) is 29.7. The molecule has 28 heavy (non-hydrogen) atoms. The number of imidazole rings is 1. The molecule has 0 spiro atoms. The topological polar surface area (TPSA) is 88.5 Å². The highest BCUT2D eigenvalue weighted by Crippen LogP contribution is 2.43. The van der Waals surface area contributed by atoms with Gasteiger partial charge in [-0.15, -0.1) is 0 Å². The van der Waals surface area contributed by atoms with Crippen molar-refractivity contribution in [1.29, 1.82) is 0 Å². The van der Waals surface area contributed by atoms with E-state index in [4.69, 9.17) is 4.98 Å². The van der Waals surface area contributed by atoms with Crippen LogP contribution in [-0.2, 0) is 0 Å². The molecule has 0 radical (unpaired) electrons. The molecule has 2 bridgehead atoms. The molecule has 2 saturated carbocycles. The standard InChI is InChI=1S/C20H20N6OS/c27-19-13-6-1-2-7-15(13)28-26(19)20-24-17-16(21-10-22-17)18(25-20)23-14-9-11-4-3-5-12(14)8-11/h1-2,6-7,10-12,14H,3-5,8-9H2,(H2,21,22,23,24,25). The highest BCUT2D eigenvalue weighted by molar-refractivity contribution is 7.14. The fourth-order valence-corrected chi connectivity index (χ4v) is 5.87. The molecule has 2 aliphatic carbocycles. The van der Waals surface area contributed by atoms with Gasteiger partial charge in [0.1, 0.15) is 5.52 Å². The first-order valence-corrected chi connectivity index (χ1v) is 10.6. The van der Waals surface area contributed by atoms with Crippen LogP contribution in [0.25, 0.3) is 27.2 Å². The van der Waals surface area contributed by atoms with Gasteiger partial charge < -0.3 is 10.3 Å². The minimum absolute atomic E-state index is 0.0814. The summed E-state index contributed by atoms with van der Waals surface area (Å²) < 4.78 is 2.50. The van der Waals surface area contributed by atoms with E-state index in [0.29, 0.717) is 28.9 Å². The van der Waals surface area contributed by atoms with Gasteiger partial charge in [0.15, 0.2) is 11.5 Å². The minimum atomic E-state index is -0.0814. The zero-order valence-corrected chi connectivity index (χ0v) is 16.1. The van der Waals surface area contributed by atoms with Crippen LogP contribution in [0, 0.1) is 11.8 Å². The number of hydrogen-bond donors (Lipinski definition) is 2. The number of nitrogens with one attached hydrogen (secondary N) is 2. The summed E-state index contributed by atoms with van der Waals surface area (Å²) in [6, 6.07) is 8.04. The van der Waals surface area contributed by atoms with Crippen molar-refractivity contribution in [1.82, 2.24) is 23.9 Å². The molecular weight excluding hydrogens is 372 g/mol. The molecule has 8 heteroatoms. The summed E-state index contributed by atoms with van der Waals surface area (Å²) in [6.07, 6.45) is 8.10. The van der Waals surface area contributed by atoms with Crippen molar-refractivity contribution in [2.75, 3.05) is 5.32 Å². The van der Waals surface area contributed by atoms with Crippen molar-refractivity contribution in [2.45, 2.75) is 38.1 Å². The van der Waals surface area contributed by atoms with Crippen LogP contribution in [0.15, 0.2) is 35.4 Å². The molecule has 1 aromatic carbocycles. The lowest BCUT2D eigenvalue weighted by molar-refractivity contribution is 0.354. The lowest BCUT2D eigenvalue weighted by Crippen LogP contribution is -2.25. The average molecular weight is 392 g/mol. The molecule has 0 amide bonds. The highest BCUT2D eigenvalue weighted by Gasteiger charge is 2.37. The van der Waals surface area contributed by atoms with E-state index in [1.807, 2.05) is 24.3 Å². The number of hydrogen-bond acceptors (Lipinski definition) is 6. The molecule has 142 valence electrons. The third-order valence-corrected chi connectivity index (χ3v) is 7.31. The van der Waals surface area contributed by atoms with Gasteiger partial charge in [0.2, 0.25) is 0 Å². The summed E-state index contributed by atoms with van der Waals surface area (Å²) in [5.41, 5.74) is 1.30. The SMILES string of the molecule is O=c1c2ccccc2sn1-c1nc(NC2CC3CCCC2C3)c2nc[nH]c2n1. The molecule has 3 atom stereocenters. The Balaban J connectivity index is 1.46. The second-order valence-electron chi connectivity index (χ2n) is 7.94. The van der Waals surface area contributed by atoms with Gasteiger partial charge in [0, 0.05) is 6.04 Å². The zero-order chi connectivity index (χ0) is 18.7. The Labute approximate surface area is 165 Å². The Morgan fingerprint density at radius 1 is 1.18 bits per heavy atom. The van der Waals surface area contributed by atoms with Crippen molar-refractivity contribution in [3.8, 4) is 5.95 Å². The van der Waals surface area contributed by atoms with Gasteiger partial charge >= 0.3 is 0 Å². The molecule has 0 saturated heterocycles. The summed E-state index contributed by atoms with van der Waals surface area (Å²) in [7, 11) is 0. The lowest BCUT2D eigenvalue weighted by Gasteiger charge is -2.22. The van der Waals surface area contributed by atoms with Crippen molar-refractivity contribution in [3.63, 3.8) is 0 Å². The Morgan fingerprint density at radius 3 is 3.00 bits per heavy atom. The van der Waals surface area contributed by atoms with Crippen LogP contribution in [0.1, 0.15) is 32.1 Å². The average Bonchev–Trinajstić information content (AvgIpc) is 3.39. The summed E-state index contributed by atoms with van der Waals surface area (Å²) in [5, 5.41) is 4.35. The molecule has 7 nitrogen and oxygen atoms in total. The van der Waals surface area contributed by atoms with Crippen LogP contribution in [0.3, 0.4) is 0 Å². The number of aromatic amines is 1. The fraction of sp³-hybridized carbons (Fsp3) is 0.400. The number of aromatic nitrogens is 5. The first-order valence-electron chi connectivity index (χ1n) is 9.85. The molecule has 4 aromatic rings. The summed E-state index contributed by atoms with van der Waals surface area (Å²) >= 11 is 1.37. The van der Waals surface area contributed by atoms with E-state index in [0.717, 1.165) is 22.0 Å². The molecular formula is C20H20N6OS. The zero-order valence-electron chi connectivity index (χ0n) is 15.3. The van der Waals surface area contributed by atoms with Gasteiger partial charge in [0.25, 0.3) is 11.5 Å². The third kappa shape index (κ3) is 2.47. The van der Waals surface area contributed by atoms with E-state index in [1.165, 1.54) is 43.6 Å². The maximum atomic E-state index is 12.9. The van der Waals surface area contributed by atoms with Crippen LogP contribution < -0.4 is 10.9 Å². The molecule has 2 aliphatic rings. The quantitative estimate of drug-likeness (QED) is 0.555. The second-order valence-corrected chi connectivity index (χ2v) is 8.93. The second kappa shape index (κ2) is 6.13. The fourth-order valence-electron chi connectivity index (χ4n) is 4.94. The van der Waals surface area contributed by atoms with Gasteiger partial charge in [-0.05, 0) is 54.8 Å². The van der Waals surface area contributed by atoms with E-state index in [2.05, 4.69) is 20.3 Å². The van der Waals surface area contributed by atoms with Gasteiger partial charge in [0.05, 0.1) is 16.4 Å². The third-order valence-electron chi connectivity index (χ3n) is 6.24. The summed E-state index contributed by atoms with van der Waals surface area (Å²) in [5.74, 6) is 2.66. The van der Waals surface area contributed by atoms with E-state index in [9.17, 15) is 4.79 Å². The van der Waals surface area contributed by atoms with Crippen molar-refractivity contribution >= 4 is 38.6 Å². The van der Waals surface area contributed by atoms with Crippen LogP contribution in [0.4, 0.5) is 5.82 Å². The number of benzene rings is 1. The molecule has 2 N–H and O–H groups in total. The molecule has 3 unspecified atom stereocenters. The predicted molar refractivity (Wildman–Crippen MR) is 110 cm³/mol. The number of H-pyrrole nitrogens is 1. The van der Waals surface area contributed by atoms with Crippen molar-refractivity contribution in [3.05, 3.63) is 40.9 Å². The number of rotatable bonds is 3. The Kier molecular flexibility index (Phi) is 3.56. The Hall–Kier alpha value is -2.74. The maximum absolute atomic E-state index is 12.9. The van der Waals surface area contributed by atoms with E-state index < -0.39 is 0 Å². The smallest absolute Gasteiger partial charge is 0.275 e. The maximum Gasteiger partial charge on any atom is 0.275 e. The van der Waals surface area contributed by atoms with Crippen LogP contribution >= 0.6 is 11.5 Å². The first-order chi connectivity index (χ1) is 13.8. The molecule has 3 aromatic heterocycles. The monoisotopic (exact) mass is 392 g/mol. The van der Waals surface area contributed by atoms with E-state index >= 15 is 0 Å². The number of fused-ring (bicyclic) bond motifs is 4. The Morgan fingerprint density at radius 2 is 2.11 bits per heavy atom. The first kappa shape index (κ1) is 16.2. The van der Waals surface area contributed by atoms with Gasteiger partial charge in [-0.1, -0.05) is 25.0 Å². The molecule has 3 heterocycles. The Bertz CT molecular complexity index is 1240. The lowest BCUT2D eigenvalue weighted by atomic mass is 9.89. The molecule has 0 aliphatic heterocycles. The van der Waals surface area contributed by atoms with E-state index in [-0.39, 0.29) is 5.56 Å². The minimum Gasteiger partial charge on any atom is -0.365 e. The van der Waals surface area contributed by atoms with Crippen LogP contribution in [0.2, 0.25) is 0 Å². The summed E-state index contributed by atoms with van der Waals surface area (Å²) in [6.45, 7) is 0. The van der Waals surface area contributed by atoms with Crippen molar-refractivity contribution < 1.29 is 0 Å². The number of anilines is 1. The van der Waals surface area contributed by atoms with Crippen LogP contribution in [-0.4, -0.2) is 29.9 Å². The normalized spacial score (nSPS) is 24.2. The van der Waals surface area contributed by atoms with Gasteiger partial charge in [-0.3, -0.25) is 4.79 Å². The van der Waals surface area contributed by atoms with Gasteiger partial charge in [-0.25, -0.2) is 4.98 Å². The predicted octanol–water partition coefficient (Wildman–Crippen LogP) is 3.71. The van der Waals surface area contributed by atoms with Gasteiger partial charge in [-0.2, -0.15) is 13.9 Å². The van der Waals surface area contributed by atoms with Crippen LogP contribution in [0.5, 0.6) is 0 Å². The largest absolute Gasteiger partial charge is 0.365 e. The highest BCUT2D eigenvalue weighted by atomic mass is 32.1.